The maximum atomic E-state index is 13.0. The summed E-state index contributed by atoms with van der Waals surface area (Å²) in [6.45, 7) is 0. The molecule has 76 valence electrons. The van der Waals surface area contributed by atoms with Crippen LogP contribution in [0, 0.1) is 5.82 Å². The Hall–Kier alpha value is -0.940. The molecule has 0 aliphatic carbocycles. The van der Waals surface area contributed by atoms with Crippen molar-refractivity contribution in [3.8, 4) is 0 Å². The third-order valence-electron chi connectivity index (χ3n) is 1.74. The normalized spacial score (nSPS) is 10.0. The van der Waals surface area contributed by atoms with Crippen molar-refractivity contribution in [2.75, 3.05) is 14.2 Å². The van der Waals surface area contributed by atoms with Crippen LogP contribution in [0.15, 0.2) is 22.7 Å². The van der Waals surface area contributed by atoms with Crippen LogP contribution in [0.3, 0.4) is 0 Å². The first-order valence-electron chi connectivity index (χ1n) is 3.84. The minimum absolute atomic E-state index is 0.147. The van der Waals surface area contributed by atoms with Gasteiger partial charge in [-0.1, -0.05) is 6.07 Å². The van der Waals surface area contributed by atoms with Gasteiger partial charge in [0, 0.05) is 7.05 Å². The summed E-state index contributed by atoms with van der Waals surface area (Å²) in [7, 11) is 2.82. The van der Waals surface area contributed by atoms with Gasteiger partial charge in [-0.2, -0.15) is 0 Å². The number of rotatable bonds is 2. The SMILES string of the molecule is CON(C)C(=O)c1cccc(F)c1Br. The van der Waals surface area contributed by atoms with Gasteiger partial charge in [-0.3, -0.25) is 9.63 Å². The van der Waals surface area contributed by atoms with Crippen LogP contribution in [0.2, 0.25) is 0 Å². The molecule has 0 aromatic heterocycles. The van der Waals surface area contributed by atoms with E-state index in [0.29, 0.717) is 0 Å². The van der Waals surface area contributed by atoms with E-state index in [0.717, 1.165) is 5.06 Å². The molecule has 0 saturated heterocycles. The number of carbonyl (C=O) groups excluding carboxylic acids is 1. The molecule has 0 radical (unpaired) electrons. The molecule has 0 N–H and O–H groups in total. The molecule has 0 saturated carbocycles. The van der Waals surface area contributed by atoms with E-state index in [4.69, 9.17) is 4.84 Å². The molecule has 1 aromatic carbocycles. The van der Waals surface area contributed by atoms with E-state index >= 15 is 0 Å². The summed E-state index contributed by atoms with van der Waals surface area (Å²) in [5.41, 5.74) is 0.231. The third-order valence-corrected chi connectivity index (χ3v) is 2.55. The van der Waals surface area contributed by atoms with Crippen LogP contribution in [0.5, 0.6) is 0 Å². The monoisotopic (exact) mass is 261 g/mol. The molecular formula is C9H9BrFNO2. The van der Waals surface area contributed by atoms with Crippen molar-refractivity contribution >= 4 is 21.8 Å². The van der Waals surface area contributed by atoms with Crippen LogP contribution < -0.4 is 0 Å². The quantitative estimate of drug-likeness (QED) is 0.765. The Bertz CT molecular complexity index is 357. The molecule has 0 atom stereocenters. The molecule has 0 bridgehead atoms. The zero-order chi connectivity index (χ0) is 10.7. The Morgan fingerprint density at radius 3 is 2.79 bits per heavy atom. The topological polar surface area (TPSA) is 29.5 Å². The summed E-state index contributed by atoms with van der Waals surface area (Å²) >= 11 is 3.00. The highest BCUT2D eigenvalue weighted by Crippen LogP contribution is 2.21. The van der Waals surface area contributed by atoms with Crippen LogP contribution in [0.1, 0.15) is 10.4 Å². The predicted octanol–water partition coefficient (Wildman–Crippen LogP) is 2.22. The zero-order valence-electron chi connectivity index (χ0n) is 7.75. The van der Waals surface area contributed by atoms with Crippen LogP contribution in [0.25, 0.3) is 0 Å². The Morgan fingerprint density at radius 1 is 1.57 bits per heavy atom. The van der Waals surface area contributed by atoms with Crippen molar-refractivity contribution < 1.29 is 14.0 Å². The van der Waals surface area contributed by atoms with Crippen LogP contribution in [-0.4, -0.2) is 25.1 Å². The van der Waals surface area contributed by atoms with Crippen molar-refractivity contribution in [2.24, 2.45) is 0 Å². The number of hydrogen-bond donors (Lipinski definition) is 0. The van der Waals surface area contributed by atoms with Gasteiger partial charge >= 0.3 is 0 Å². The largest absolute Gasteiger partial charge is 0.278 e. The van der Waals surface area contributed by atoms with Gasteiger partial charge in [-0.05, 0) is 28.1 Å². The summed E-state index contributed by atoms with van der Waals surface area (Å²) < 4.78 is 13.2. The van der Waals surface area contributed by atoms with E-state index in [2.05, 4.69) is 15.9 Å². The van der Waals surface area contributed by atoms with E-state index in [1.165, 1.54) is 32.4 Å². The second-order valence-corrected chi connectivity index (χ2v) is 3.38. The summed E-state index contributed by atoms with van der Waals surface area (Å²) in [6.07, 6.45) is 0. The summed E-state index contributed by atoms with van der Waals surface area (Å²) in [5, 5.41) is 1.03. The Labute approximate surface area is 89.5 Å². The number of hydrogen-bond acceptors (Lipinski definition) is 2. The molecule has 14 heavy (non-hydrogen) atoms. The van der Waals surface area contributed by atoms with E-state index in [1.807, 2.05) is 0 Å². The first kappa shape index (κ1) is 11.1. The molecule has 1 rings (SSSR count). The Kier molecular flexibility index (Phi) is 3.60. The molecule has 1 aromatic rings. The number of benzene rings is 1. The maximum Gasteiger partial charge on any atom is 0.278 e. The summed E-state index contributed by atoms with van der Waals surface area (Å²) in [6, 6.07) is 4.26. The average Bonchev–Trinajstić information content (AvgIpc) is 2.20. The van der Waals surface area contributed by atoms with Gasteiger partial charge in [0.05, 0.1) is 17.1 Å². The zero-order valence-corrected chi connectivity index (χ0v) is 9.34. The molecule has 0 unspecified atom stereocenters. The van der Waals surface area contributed by atoms with E-state index < -0.39 is 11.7 Å². The van der Waals surface area contributed by atoms with Crippen LogP contribution in [-0.2, 0) is 4.84 Å². The summed E-state index contributed by atoms with van der Waals surface area (Å²) in [5.74, 6) is -0.876. The lowest BCUT2D eigenvalue weighted by molar-refractivity contribution is -0.0757. The van der Waals surface area contributed by atoms with Gasteiger partial charge < -0.3 is 0 Å². The second kappa shape index (κ2) is 4.52. The van der Waals surface area contributed by atoms with E-state index in [1.54, 1.807) is 0 Å². The molecule has 5 heteroatoms. The van der Waals surface area contributed by atoms with Gasteiger partial charge in [-0.25, -0.2) is 9.45 Å². The molecule has 1 amide bonds. The molecule has 3 nitrogen and oxygen atoms in total. The lowest BCUT2D eigenvalue weighted by atomic mass is 10.2. The highest BCUT2D eigenvalue weighted by Gasteiger charge is 2.16. The minimum atomic E-state index is -0.472. The molecule has 0 aliphatic rings. The van der Waals surface area contributed by atoms with Crippen LogP contribution in [0.4, 0.5) is 4.39 Å². The predicted molar refractivity (Wildman–Crippen MR) is 53.2 cm³/mol. The Morgan fingerprint density at radius 2 is 2.21 bits per heavy atom. The van der Waals surface area contributed by atoms with Gasteiger partial charge in [-0.15, -0.1) is 0 Å². The number of hydroxylamine groups is 2. The van der Waals surface area contributed by atoms with Crippen molar-refractivity contribution in [1.29, 1.82) is 0 Å². The van der Waals surface area contributed by atoms with Crippen molar-refractivity contribution in [3.05, 3.63) is 34.1 Å². The van der Waals surface area contributed by atoms with E-state index in [-0.39, 0.29) is 10.0 Å². The number of nitrogens with zero attached hydrogens (tertiary/aromatic N) is 1. The fourth-order valence-electron chi connectivity index (χ4n) is 0.922. The lowest BCUT2D eigenvalue weighted by Crippen LogP contribution is -2.25. The first-order chi connectivity index (χ1) is 6.57. The lowest BCUT2D eigenvalue weighted by Gasteiger charge is -2.14. The third kappa shape index (κ3) is 2.10. The van der Waals surface area contributed by atoms with Crippen LogP contribution >= 0.6 is 15.9 Å². The second-order valence-electron chi connectivity index (χ2n) is 2.59. The average molecular weight is 262 g/mol. The minimum Gasteiger partial charge on any atom is -0.274 e. The number of amides is 1. The van der Waals surface area contributed by atoms with Gasteiger partial charge in [0.25, 0.3) is 5.91 Å². The van der Waals surface area contributed by atoms with E-state index in [9.17, 15) is 9.18 Å². The highest BCUT2D eigenvalue weighted by atomic mass is 79.9. The standard InChI is InChI=1S/C9H9BrFNO2/c1-12(14-2)9(13)6-4-3-5-7(11)8(6)10/h3-5H,1-2H3. The fourth-order valence-corrected chi connectivity index (χ4v) is 1.36. The Balaban J connectivity index is 3.07. The maximum absolute atomic E-state index is 13.0. The summed E-state index contributed by atoms with van der Waals surface area (Å²) in [4.78, 5) is 16.3. The molecular weight excluding hydrogens is 253 g/mol. The van der Waals surface area contributed by atoms with Gasteiger partial charge in [0.15, 0.2) is 0 Å². The van der Waals surface area contributed by atoms with Crippen molar-refractivity contribution in [1.82, 2.24) is 5.06 Å². The van der Waals surface area contributed by atoms with Crippen molar-refractivity contribution in [3.63, 3.8) is 0 Å². The molecule has 0 spiro atoms. The fraction of sp³-hybridized carbons (Fsp3) is 0.222. The first-order valence-corrected chi connectivity index (χ1v) is 4.63. The molecule has 0 aliphatic heterocycles. The number of halogens is 2. The molecule has 0 heterocycles. The van der Waals surface area contributed by atoms with Gasteiger partial charge in [0.1, 0.15) is 5.82 Å². The highest BCUT2D eigenvalue weighted by molar-refractivity contribution is 9.10. The number of carbonyl (C=O) groups is 1. The molecule has 0 fully saturated rings. The van der Waals surface area contributed by atoms with Crippen molar-refractivity contribution in [2.45, 2.75) is 0 Å². The smallest absolute Gasteiger partial charge is 0.274 e. The van der Waals surface area contributed by atoms with Gasteiger partial charge in [0.2, 0.25) is 0 Å².